The molecule has 0 bridgehead atoms. The first-order valence-corrected chi connectivity index (χ1v) is 7.06. The van der Waals surface area contributed by atoms with Crippen molar-refractivity contribution < 1.29 is 9.90 Å². The summed E-state index contributed by atoms with van der Waals surface area (Å²) in [6.07, 6.45) is 3.62. The zero-order chi connectivity index (χ0) is 11.3. The van der Waals surface area contributed by atoms with Crippen molar-refractivity contribution in [3.63, 3.8) is 0 Å². The summed E-state index contributed by atoms with van der Waals surface area (Å²) in [5, 5.41) is 16.5. The molecule has 1 rings (SSSR count). The van der Waals surface area contributed by atoms with Gasteiger partial charge >= 0.3 is 5.97 Å². The molecule has 0 amide bonds. The summed E-state index contributed by atoms with van der Waals surface area (Å²) in [7, 11) is 0. The van der Waals surface area contributed by atoms with Crippen molar-refractivity contribution in [2.75, 3.05) is 12.0 Å². The van der Waals surface area contributed by atoms with E-state index < -0.39 is 5.97 Å². The van der Waals surface area contributed by atoms with Crippen LogP contribution in [0.1, 0.15) is 6.92 Å². The topological polar surface area (TPSA) is 63.1 Å². The predicted molar refractivity (Wildman–Crippen MR) is 63.8 cm³/mol. The fourth-order valence-corrected chi connectivity index (χ4v) is 3.08. The summed E-state index contributed by atoms with van der Waals surface area (Å²) in [6, 6.07) is 0. The van der Waals surface area contributed by atoms with Crippen LogP contribution in [0.25, 0.3) is 0 Å². The Morgan fingerprint density at radius 3 is 2.73 bits per heavy atom. The van der Waals surface area contributed by atoms with Gasteiger partial charge in [-0.2, -0.15) is 0 Å². The van der Waals surface area contributed by atoms with Crippen molar-refractivity contribution in [3.8, 4) is 0 Å². The largest absolute Gasteiger partial charge is 0.478 e. The molecule has 0 unspecified atom stereocenters. The highest BCUT2D eigenvalue weighted by Crippen LogP contribution is 2.27. The molecule has 1 aromatic heterocycles. The molecule has 7 heteroatoms. The lowest BCUT2D eigenvalue weighted by Gasteiger charge is -1.92. The van der Waals surface area contributed by atoms with Gasteiger partial charge in [0.1, 0.15) is 0 Å². The molecule has 1 N–H and O–H groups in total. The van der Waals surface area contributed by atoms with Gasteiger partial charge in [0.15, 0.2) is 8.68 Å². The molecule has 0 radical (unpaired) electrons. The molecule has 0 aromatic carbocycles. The number of aromatic nitrogens is 2. The molecule has 0 aliphatic rings. The Hall–Kier alpha value is -0.530. The summed E-state index contributed by atoms with van der Waals surface area (Å²) in [4.78, 5) is 10.5. The minimum Gasteiger partial charge on any atom is -0.478 e. The van der Waals surface area contributed by atoms with Gasteiger partial charge in [-0.3, -0.25) is 0 Å². The third-order valence-corrected chi connectivity index (χ3v) is 4.46. The van der Waals surface area contributed by atoms with Gasteiger partial charge in [-0.05, 0) is 13.2 Å². The molecule has 0 saturated carbocycles. The number of hydrogen-bond acceptors (Lipinski definition) is 6. The maximum absolute atomic E-state index is 10.5. The van der Waals surface area contributed by atoms with E-state index in [0.717, 1.165) is 8.68 Å². The highest BCUT2D eigenvalue weighted by atomic mass is 32.2. The van der Waals surface area contributed by atoms with Crippen LogP contribution in [0.15, 0.2) is 20.3 Å². The Kier molecular flexibility index (Phi) is 5.13. The van der Waals surface area contributed by atoms with Crippen molar-refractivity contribution in [1.82, 2.24) is 10.2 Å². The van der Waals surface area contributed by atoms with Gasteiger partial charge in [0.25, 0.3) is 0 Å². The number of thioether (sulfide) groups is 2. The van der Waals surface area contributed by atoms with E-state index in [0.29, 0.717) is 11.3 Å². The van der Waals surface area contributed by atoms with Gasteiger partial charge in [-0.1, -0.05) is 40.9 Å². The summed E-state index contributed by atoms with van der Waals surface area (Å²) < 4.78 is 1.80. The fourth-order valence-electron chi connectivity index (χ4n) is 0.663. The van der Waals surface area contributed by atoms with Gasteiger partial charge in [0.2, 0.25) is 0 Å². The van der Waals surface area contributed by atoms with Crippen LogP contribution in [0.5, 0.6) is 0 Å². The van der Waals surface area contributed by atoms with E-state index in [9.17, 15) is 4.79 Å². The third-order valence-electron chi connectivity index (χ3n) is 1.50. The van der Waals surface area contributed by atoms with Crippen molar-refractivity contribution >= 4 is 40.8 Å². The molecule has 0 atom stereocenters. The molecule has 0 aliphatic heterocycles. The average Bonchev–Trinajstić information content (AvgIpc) is 2.65. The van der Waals surface area contributed by atoms with E-state index in [2.05, 4.69) is 10.2 Å². The molecular weight excluding hydrogens is 252 g/mol. The highest BCUT2D eigenvalue weighted by molar-refractivity contribution is 8.03. The van der Waals surface area contributed by atoms with E-state index in [4.69, 9.17) is 5.11 Å². The lowest BCUT2D eigenvalue weighted by atomic mass is 10.3. The van der Waals surface area contributed by atoms with Crippen LogP contribution >= 0.6 is 34.9 Å². The standard InChI is InChI=1S/C8H10N2O2S3/c1-5(6(11)12)3-4-14-8-10-9-7(13-2)15-8/h3H,4H2,1-2H3,(H,11,12)/b5-3-. The Labute approximate surface area is 100 Å². The fraction of sp³-hybridized carbons (Fsp3) is 0.375. The van der Waals surface area contributed by atoms with E-state index >= 15 is 0 Å². The van der Waals surface area contributed by atoms with Gasteiger partial charge in [0, 0.05) is 11.3 Å². The molecule has 0 saturated heterocycles. The van der Waals surface area contributed by atoms with Crippen LogP contribution in [0.2, 0.25) is 0 Å². The van der Waals surface area contributed by atoms with E-state index in [-0.39, 0.29) is 0 Å². The Morgan fingerprint density at radius 1 is 1.53 bits per heavy atom. The number of aliphatic carboxylic acids is 1. The van der Waals surface area contributed by atoms with Crippen molar-refractivity contribution in [2.24, 2.45) is 0 Å². The van der Waals surface area contributed by atoms with Crippen LogP contribution in [0, 0.1) is 0 Å². The summed E-state index contributed by atoms with van der Waals surface area (Å²) in [6.45, 7) is 1.58. The number of carbonyl (C=O) groups is 1. The minimum atomic E-state index is -0.877. The van der Waals surface area contributed by atoms with Crippen LogP contribution in [-0.4, -0.2) is 33.3 Å². The Balaban J connectivity index is 2.44. The molecule has 0 fully saturated rings. The molecule has 1 aromatic rings. The van der Waals surface area contributed by atoms with Gasteiger partial charge in [0.05, 0.1) is 0 Å². The smallest absolute Gasteiger partial charge is 0.330 e. The Morgan fingerprint density at radius 2 is 2.20 bits per heavy atom. The summed E-state index contributed by atoms with van der Waals surface area (Å²) in [5.74, 6) is -0.265. The van der Waals surface area contributed by atoms with E-state index in [1.54, 1.807) is 24.8 Å². The summed E-state index contributed by atoms with van der Waals surface area (Å²) >= 11 is 4.57. The SMILES string of the molecule is CSc1nnc(SC/C=C(/C)C(=O)O)s1. The van der Waals surface area contributed by atoms with Crippen molar-refractivity contribution in [1.29, 1.82) is 0 Å². The molecular formula is C8H10N2O2S3. The third kappa shape index (κ3) is 4.23. The second-order valence-electron chi connectivity index (χ2n) is 2.54. The second kappa shape index (κ2) is 6.14. The number of carboxylic acid groups (broad SMARTS) is 1. The van der Waals surface area contributed by atoms with Crippen LogP contribution < -0.4 is 0 Å². The quantitative estimate of drug-likeness (QED) is 0.649. The normalized spacial score (nSPS) is 11.7. The van der Waals surface area contributed by atoms with E-state index in [1.165, 1.54) is 23.1 Å². The average molecular weight is 262 g/mol. The maximum Gasteiger partial charge on any atom is 0.330 e. The lowest BCUT2D eigenvalue weighted by Crippen LogP contribution is -1.96. The molecule has 0 aliphatic carbocycles. The zero-order valence-corrected chi connectivity index (χ0v) is 10.7. The molecule has 82 valence electrons. The maximum atomic E-state index is 10.5. The monoisotopic (exact) mass is 262 g/mol. The molecule has 0 spiro atoms. The van der Waals surface area contributed by atoms with Crippen LogP contribution in [0.4, 0.5) is 0 Å². The first-order chi connectivity index (χ1) is 7.13. The Bertz CT molecular complexity index is 376. The second-order valence-corrected chi connectivity index (χ2v) is 5.84. The summed E-state index contributed by atoms with van der Waals surface area (Å²) in [5.41, 5.74) is 0.358. The first kappa shape index (κ1) is 12.5. The molecule has 4 nitrogen and oxygen atoms in total. The molecule has 1 heterocycles. The number of nitrogens with zero attached hydrogens (tertiary/aromatic N) is 2. The van der Waals surface area contributed by atoms with Gasteiger partial charge in [-0.15, -0.1) is 10.2 Å². The highest BCUT2D eigenvalue weighted by Gasteiger charge is 2.03. The van der Waals surface area contributed by atoms with E-state index in [1.807, 2.05) is 6.26 Å². The number of rotatable bonds is 5. The van der Waals surface area contributed by atoms with Gasteiger partial charge in [-0.25, -0.2) is 4.79 Å². The first-order valence-electron chi connectivity index (χ1n) is 4.04. The van der Waals surface area contributed by atoms with Crippen molar-refractivity contribution in [3.05, 3.63) is 11.6 Å². The zero-order valence-electron chi connectivity index (χ0n) is 8.26. The van der Waals surface area contributed by atoms with Crippen LogP contribution in [0.3, 0.4) is 0 Å². The minimum absolute atomic E-state index is 0.358. The lowest BCUT2D eigenvalue weighted by molar-refractivity contribution is -0.132. The van der Waals surface area contributed by atoms with Crippen molar-refractivity contribution in [2.45, 2.75) is 15.6 Å². The van der Waals surface area contributed by atoms with Crippen LogP contribution in [-0.2, 0) is 4.79 Å². The number of carboxylic acids is 1. The predicted octanol–water partition coefficient (Wildman–Crippen LogP) is 2.38. The number of hydrogen-bond donors (Lipinski definition) is 1. The van der Waals surface area contributed by atoms with Gasteiger partial charge < -0.3 is 5.11 Å². The molecule has 15 heavy (non-hydrogen) atoms.